The van der Waals surface area contributed by atoms with Crippen molar-refractivity contribution in [2.24, 2.45) is 0 Å². The first-order chi connectivity index (χ1) is 8.81. The van der Waals surface area contributed by atoms with Gasteiger partial charge in [0.25, 0.3) is 5.91 Å². The van der Waals surface area contributed by atoms with Crippen LogP contribution in [0.1, 0.15) is 23.2 Å². The molecule has 6 nitrogen and oxygen atoms in total. The van der Waals surface area contributed by atoms with Gasteiger partial charge >= 0.3 is 0 Å². The topological polar surface area (TPSA) is 75.6 Å². The number of ether oxygens (including phenoxy) is 1. The van der Waals surface area contributed by atoms with Crippen LogP contribution in [0.3, 0.4) is 0 Å². The molecule has 0 spiro atoms. The molecule has 0 aromatic carbocycles. The monoisotopic (exact) mass is 251 g/mol. The molecule has 1 aromatic heterocycles. The fourth-order valence-corrected chi connectivity index (χ4v) is 2.04. The van der Waals surface area contributed by atoms with Gasteiger partial charge in [-0.15, -0.1) is 0 Å². The molecule has 1 aliphatic heterocycles. The van der Waals surface area contributed by atoms with Crippen molar-refractivity contribution in [1.29, 1.82) is 0 Å². The van der Waals surface area contributed by atoms with Crippen LogP contribution in [-0.2, 0) is 4.74 Å². The van der Waals surface area contributed by atoms with Crippen LogP contribution in [0, 0.1) is 0 Å². The van der Waals surface area contributed by atoms with Crippen LogP contribution in [0.25, 0.3) is 0 Å². The van der Waals surface area contributed by atoms with Crippen molar-refractivity contribution in [3.05, 3.63) is 24.0 Å². The minimum absolute atomic E-state index is 0.00879. The molecule has 0 atom stereocenters. The minimum Gasteiger partial charge on any atom is -0.394 e. The van der Waals surface area contributed by atoms with Gasteiger partial charge in [0, 0.05) is 13.1 Å². The number of hydrogen-bond acceptors (Lipinski definition) is 5. The fourth-order valence-electron chi connectivity index (χ4n) is 2.04. The van der Waals surface area contributed by atoms with Crippen LogP contribution in [0.2, 0.25) is 0 Å². The molecule has 18 heavy (non-hydrogen) atoms. The Balaban J connectivity index is 1.84. The second kappa shape index (κ2) is 6.42. The van der Waals surface area contributed by atoms with Crippen molar-refractivity contribution in [3.63, 3.8) is 0 Å². The molecular formula is C12H17N3O3. The summed E-state index contributed by atoms with van der Waals surface area (Å²) in [6.45, 7) is 1.77. The van der Waals surface area contributed by atoms with Crippen molar-refractivity contribution < 1.29 is 14.6 Å². The molecule has 1 aromatic rings. The van der Waals surface area contributed by atoms with Gasteiger partial charge in [-0.2, -0.15) is 10.2 Å². The predicted octanol–water partition coefficient (Wildman–Crippen LogP) is 0.0901. The van der Waals surface area contributed by atoms with Crippen molar-refractivity contribution in [1.82, 2.24) is 15.1 Å². The summed E-state index contributed by atoms with van der Waals surface area (Å²) in [6.07, 6.45) is 4.77. The number of aromatic nitrogens is 2. The summed E-state index contributed by atoms with van der Waals surface area (Å²) < 4.78 is 5.46. The number of aliphatic hydroxyl groups excluding tert-OH is 1. The van der Waals surface area contributed by atoms with Crippen LogP contribution in [0.15, 0.2) is 18.5 Å². The Morgan fingerprint density at radius 1 is 1.44 bits per heavy atom. The van der Waals surface area contributed by atoms with Gasteiger partial charge in [-0.1, -0.05) is 0 Å². The van der Waals surface area contributed by atoms with E-state index >= 15 is 0 Å². The lowest BCUT2D eigenvalue weighted by Crippen LogP contribution is -2.41. The minimum atomic E-state index is -0.00879. The van der Waals surface area contributed by atoms with E-state index in [1.54, 1.807) is 11.0 Å². The average molecular weight is 251 g/mol. The van der Waals surface area contributed by atoms with Crippen LogP contribution in [-0.4, -0.2) is 58.5 Å². The second-order valence-electron chi connectivity index (χ2n) is 4.22. The lowest BCUT2D eigenvalue weighted by atomic mass is 10.1. The largest absolute Gasteiger partial charge is 0.394 e. The predicted molar refractivity (Wildman–Crippen MR) is 64.0 cm³/mol. The Kier molecular flexibility index (Phi) is 4.60. The zero-order chi connectivity index (χ0) is 12.8. The Labute approximate surface area is 106 Å². The van der Waals surface area contributed by atoms with Gasteiger partial charge in [-0.25, -0.2) is 0 Å². The quantitative estimate of drug-likeness (QED) is 0.820. The summed E-state index contributed by atoms with van der Waals surface area (Å²) >= 11 is 0. The third-order valence-electron chi connectivity index (χ3n) is 3.01. The summed E-state index contributed by atoms with van der Waals surface area (Å²) in [6, 6.07) is 1.67. The summed E-state index contributed by atoms with van der Waals surface area (Å²) in [5.74, 6) is -0.00879. The second-order valence-corrected chi connectivity index (χ2v) is 4.22. The molecule has 6 heteroatoms. The number of aliphatic hydroxyl groups is 1. The van der Waals surface area contributed by atoms with E-state index in [2.05, 4.69) is 10.2 Å². The number of hydrogen-bond donors (Lipinski definition) is 1. The van der Waals surface area contributed by atoms with Gasteiger partial charge in [0.05, 0.1) is 37.3 Å². The van der Waals surface area contributed by atoms with Crippen LogP contribution >= 0.6 is 0 Å². The van der Waals surface area contributed by atoms with Gasteiger partial charge in [0.15, 0.2) is 0 Å². The Morgan fingerprint density at radius 3 is 2.83 bits per heavy atom. The third kappa shape index (κ3) is 3.24. The highest BCUT2D eigenvalue weighted by molar-refractivity contribution is 5.93. The van der Waals surface area contributed by atoms with Gasteiger partial charge < -0.3 is 14.7 Å². The number of likely N-dealkylation sites (tertiary alicyclic amines) is 1. The molecule has 98 valence electrons. The van der Waals surface area contributed by atoms with Gasteiger partial charge in [-0.05, 0) is 18.9 Å². The SMILES string of the molecule is O=C(c1ccnnc1)N1CCC(OCCO)CC1. The van der Waals surface area contributed by atoms with Crippen molar-refractivity contribution in [2.45, 2.75) is 18.9 Å². The average Bonchev–Trinajstić information content (AvgIpc) is 2.46. The van der Waals surface area contributed by atoms with Crippen LogP contribution < -0.4 is 0 Å². The third-order valence-corrected chi connectivity index (χ3v) is 3.01. The maximum absolute atomic E-state index is 12.1. The first-order valence-electron chi connectivity index (χ1n) is 6.09. The number of carbonyl (C=O) groups excluding carboxylic acids is 1. The number of piperidine rings is 1. The van der Waals surface area contributed by atoms with Gasteiger partial charge in [0.1, 0.15) is 0 Å². The molecule has 0 saturated carbocycles. The lowest BCUT2D eigenvalue weighted by molar-refractivity contribution is -0.00555. The normalized spacial score (nSPS) is 16.8. The Hall–Kier alpha value is -1.53. The summed E-state index contributed by atoms with van der Waals surface area (Å²) in [5.41, 5.74) is 0.569. The zero-order valence-electron chi connectivity index (χ0n) is 10.2. The van der Waals surface area contributed by atoms with E-state index < -0.39 is 0 Å². The van der Waals surface area contributed by atoms with E-state index in [1.807, 2.05) is 0 Å². The molecule has 1 aliphatic rings. The molecule has 1 amide bonds. The Bertz CT molecular complexity index is 377. The lowest BCUT2D eigenvalue weighted by Gasteiger charge is -2.31. The fraction of sp³-hybridized carbons (Fsp3) is 0.583. The number of nitrogens with zero attached hydrogens (tertiary/aromatic N) is 3. The maximum atomic E-state index is 12.1. The van der Waals surface area contributed by atoms with Gasteiger partial charge in [0.2, 0.25) is 0 Å². The van der Waals surface area contributed by atoms with E-state index in [0.29, 0.717) is 25.3 Å². The standard InChI is InChI=1S/C12H17N3O3/c16-7-8-18-11-2-5-15(6-3-11)12(17)10-1-4-13-14-9-10/h1,4,9,11,16H,2-3,5-8H2. The van der Waals surface area contributed by atoms with Crippen molar-refractivity contribution in [3.8, 4) is 0 Å². The number of rotatable bonds is 4. The summed E-state index contributed by atoms with van der Waals surface area (Å²) in [4.78, 5) is 13.9. The van der Waals surface area contributed by atoms with Crippen molar-refractivity contribution >= 4 is 5.91 Å². The van der Waals surface area contributed by atoms with E-state index in [0.717, 1.165) is 12.8 Å². The molecule has 1 N–H and O–H groups in total. The van der Waals surface area contributed by atoms with Crippen LogP contribution in [0.4, 0.5) is 0 Å². The Morgan fingerprint density at radius 2 is 2.22 bits per heavy atom. The smallest absolute Gasteiger partial charge is 0.255 e. The summed E-state index contributed by atoms with van der Waals surface area (Å²) in [5, 5.41) is 16.0. The molecule has 0 bridgehead atoms. The highest BCUT2D eigenvalue weighted by Gasteiger charge is 2.23. The van der Waals surface area contributed by atoms with E-state index in [4.69, 9.17) is 9.84 Å². The first-order valence-corrected chi connectivity index (χ1v) is 6.09. The maximum Gasteiger partial charge on any atom is 0.255 e. The molecule has 0 unspecified atom stereocenters. The molecular weight excluding hydrogens is 234 g/mol. The molecule has 0 radical (unpaired) electrons. The zero-order valence-corrected chi connectivity index (χ0v) is 10.2. The highest BCUT2D eigenvalue weighted by Crippen LogP contribution is 2.15. The highest BCUT2D eigenvalue weighted by atomic mass is 16.5. The van der Waals surface area contributed by atoms with E-state index in [1.165, 1.54) is 12.4 Å². The van der Waals surface area contributed by atoms with Crippen molar-refractivity contribution in [2.75, 3.05) is 26.3 Å². The molecule has 2 heterocycles. The van der Waals surface area contributed by atoms with Gasteiger partial charge in [-0.3, -0.25) is 4.79 Å². The van der Waals surface area contributed by atoms with Crippen LogP contribution in [0.5, 0.6) is 0 Å². The molecule has 0 aliphatic carbocycles. The molecule has 1 fully saturated rings. The summed E-state index contributed by atoms with van der Waals surface area (Å²) in [7, 11) is 0. The van der Waals surface area contributed by atoms with E-state index in [-0.39, 0.29) is 18.6 Å². The molecule has 2 rings (SSSR count). The van der Waals surface area contributed by atoms with E-state index in [9.17, 15) is 4.79 Å². The number of amides is 1. The first kappa shape index (κ1) is 12.9. The molecule has 1 saturated heterocycles. The number of carbonyl (C=O) groups is 1.